The molecule has 150 valence electrons. The number of piperidine rings is 1. The molecular formula is C22H26N6O. The quantitative estimate of drug-likeness (QED) is 0.802. The van der Waals surface area contributed by atoms with Crippen molar-refractivity contribution in [1.82, 2.24) is 14.9 Å². The molecule has 2 fully saturated rings. The number of benzene rings is 1. The highest BCUT2D eigenvalue weighted by Crippen LogP contribution is 2.22. The fraction of sp³-hybridized carbons (Fsp3) is 0.455. The summed E-state index contributed by atoms with van der Waals surface area (Å²) in [4.78, 5) is 28.6. The number of anilines is 2. The average molecular weight is 390 g/mol. The maximum absolute atomic E-state index is 12.8. The van der Waals surface area contributed by atoms with Crippen molar-refractivity contribution < 1.29 is 4.79 Å². The highest BCUT2D eigenvalue weighted by Gasteiger charge is 2.24. The van der Waals surface area contributed by atoms with Crippen LogP contribution in [-0.4, -0.2) is 60.0 Å². The van der Waals surface area contributed by atoms with Crippen molar-refractivity contribution in [3.63, 3.8) is 0 Å². The van der Waals surface area contributed by atoms with Gasteiger partial charge in [0.2, 0.25) is 5.95 Å². The Balaban J connectivity index is 1.43. The van der Waals surface area contributed by atoms with Gasteiger partial charge in [-0.1, -0.05) is 6.07 Å². The van der Waals surface area contributed by atoms with Crippen LogP contribution in [0.15, 0.2) is 30.3 Å². The van der Waals surface area contributed by atoms with Crippen LogP contribution in [0, 0.1) is 18.3 Å². The van der Waals surface area contributed by atoms with Crippen LogP contribution in [0.2, 0.25) is 0 Å². The van der Waals surface area contributed by atoms with Gasteiger partial charge in [-0.15, -0.1) is 0 Å². The van der Waals surface area contributed by atoms with Gasteiger partial charge < -0.3 is 14.7 Å². The van der Waals surface area contributed by atoms with E-state index in [-0.39, 0.29) is 5.91 Å². The number of carbonyl (C=O) groups is 1. The van der Waals surface area contributed by atoms with E-state index in [2.05, 4.69) is 26.9 Å². The van der Waals surface area contributed by atoms with Crippen molar-refractivity contribution in [3.05, 3.63) is 47.2 Å². The largest absolute Gasteiger partial charge is 0.356 e. The Morgan fingerprint density at radius 1 is 0.966 bits per heavy atom. The molecular weight excluding hydrogens is 364 g/mol. The smallest absolute Gasteiger partial charge is 0.254 e. The summed E-state index contributed by atoms with van der Waals surface area (Å²) in [7, 11) is 0. The summed E-state index contributed by atoms with van der Waals surface area (Å²) in [5, 5.41) is 9.05. The Kier molecular flexibility index (Phi) is 5.61. The Labute approximate surface area is 171 Å². The van der Waals surface area contributed by atoms with Gasteiger partial charge in [0.1, 0.15) is 5.82 Å². The monoisotopic (exact) mass is 390 g/mol. The fourth-order valence-corrected chi connectivity index (χ4v) is 3.98. The predicted octanol–water partition coefficient (Wildman–Crippen LogP) is 2.61. The molecule has 0 spiro atoms. The molecule has 2 aliphatic heterocycles. The highest BCUT2D eigenvalue weighted by molar-refractivity contribution is 5.94. The molecule has 0 atom stereocenters. The summed E-state index contributed by atoms with van der Waals surface area (Å²) in [6, 6.07) is 11.0. The van der Waals surface area contributed by atoms with Crippen LogP contribution in [0.5, 0.6) is 0 Å². The van der Waals surface area contributed by atoms with Crippen LogP contribution in [-0.2, 0) is 0 Å². The molecule has 1 aromatic carbocycles. The van der Waals surface area contributed by atoms with Gasteiger partial charge in [-0.3, -0.25) is 4.79 Å². The van der Waals surface area contributed by atoms with E-state index in [1.807, 2.05) is 11.8 Å². The molecule has 4 rings (SSSR count). The molecule has 1 amide bonds. The number of hydrogen-bond acceptors (Lipinski definition) is 6. The van der Waals surface area contributed by atoms with Crippen LogP contribution in [0.3, 0.4) is 0 Å². The Morgan fingerprint density at radius 2 is 1.72 bits per heavy atom. The zero-order valence-electron chi connectivity index (χ0n) is 16.8. The van der Waals surface area contributed by atoms with Crippen molar-refractivity contribution >= 4 is 17.7 Å². The molecule has 0 aliphatic carbocycles. The fourth-order valence-electron chi connectivity index (χ4n) is 3.98. The minimum atomic E-state index is -0.0269. The first-order valence-corrected chi connectivity index (χ1v) is 10.3. The van der Waals surface area contributed by atoms with Gasteiger partial charge in [-0.25, -0.2) is 4.98 Å². The molecule has 29 heavy (non-hydrogen) atoms. The standard InChI is InChI=1S/C22H26N6O/c1-17-14-20(26-8-3-2-4-9-26)25-22(24-17)28-12-10-27(11-13-28)21(29)19-7-5-6-18(15-19)16-23/h5-7,14-15H,2-4,8-13H2,1H3. The molecule has 2 saturated heterocycles. The van der Waals surface area contributed by atoms with E-state index in [1.165, 1.54) is 19.3 Å². The first kappa shape index (κ1) is 19.2. The molecule has 0 radical (unpaired) electrons. The zero-order valence-corrected chi connectivity index (χ0v) is 16.8. The third-order valence-corrected chi connectivity index (χ3v) is 5.60. The molecule has 1 aromatic heterocycles. The zero-order chi connectivity index (χ0) is 20.2. The summed E-state index contributed by atoms with van der Waals surface area (Å²) in [5.74, 6) is 1.74. The number of aromatic nitrogens is 2. The van der Waals surface area contributed by atoms with E-state index in [9.17, 15) is 4.79 Å². The number of aryl methyl sites for hydroxylation is 1. The Morgan fingerprint density at radius 3 is 2.45 bits per heavy atom. The molecule has 0 N–H and O–H groups in total. The Bertz CT molecular complexity index is 923. The van der Waals surface area contributed by atoms with Crippen molar-refractivity contribution in [1.29, 1.82) is 5.26 Å². The van der Waals surface area contributed by atoms with E-state index < -0.39 is 0 Å². The van der Waals surface area contributed by atoms with Gasteiger partial charge >= 0.3 is 0 Å². The van der Waals surface area contributed by atoms with Gasteiger partial charge in [0.15, 0.2) is 0 Å². The summed E-state index contributed by atoms with van der Waals surface area (Å²) >= 11 is 0. The highest BCUT2D eigenvalue weighted by atomic mass is 16.2. The maximum atomic E-state index is 12.8. The topological polar surface area (TPSA) is 76.4 Å². The van der Waals surface area contributed by atoms with Crippen molar-refractivity contribution in [2.75, 3.05) is 49.1 Å². The molecule has 7 nitrogen and oxygen atoms in total. The molecule has 0 unspecified atom stereocenters. The van der Waals surface area contributed by atoms with E-state index in [1.54, 1.807) is 24.3 Å². The minimum absolute atomic E-state index is 0.0269. The molecule has 0 saturated carbocycles. The molecule has 7 heteroatoms. The lowest BCUT2D eigenvalue weighted by Gasteiger charge is -2.35. The van der Waals surface area contributed by atoms with Crippen LogP contribution in [0.4, 0.5) is 11.8 Å². The van der Waals surface area contributed by atoms with Gasteiger partial charge in [-0.2, -0.15) is 10.2 Å². The number of rotatable bonds is 3. The third kappa shape index (κ3) is 4.32. The third-order valence-electron chi connectivity index (χ3n) is 5.60. The normalized spacial score (nSPS) is 17.2. The second-order valence-corrected chi connectivity index (χ2v) is 7.69. The van der Waals surface area contributed by atoms with Crippen LogP contribution >= 0.6 is 0 Å². The van der Waals surface area contributed by atoms with E-state index in [0.717, 1.165) is 30.5 Å². The lowest BCUT2D eigenvalue weighted by atomic mass is 10.1. The predicted molar refractivity (Wildman–Crippen MR) is 112 cm³/mol. The van der Waals surface area contributed by atoms with E-state index >= 15 is 0 Å². The first-order valence-electron chi connectivity index (χ1n) is 10.3. The molecule has 2 aromatic rings. The van der Waals surface area contributed by atoms with Gasteiger partial charge in [-0.05, 0) is 44.4 Å². The van der Waals surface area contributed by atoms with E-state index in [0.29, 0.717) is 37.3 Å². The molecule has 0 bridgehead atoms. The van der Waals surface area contributed by atoms with Crippen molar-refractivity contribution in [2.24, 2.45) is 0 Å². The lowest BCUT2D eigenvalue weighted by Crippen LogP contribution is -2.49. The average Bonchev–Trinajstić information content (AvgIpc) is 2.79. The molecule has 3 heterocycles. The summed E-state index contributed by atoms with van der Waals surface area (Å²) in [6.07, 6.45) is 3.72. The number of amides is 1. The van der Waals surface area contributed by atoms with Gasteiger partial charge in [0, 0.05) is 56.6 Å². The second-order valence-electron chi connectivity index (χ2n) is 7.69. The van der Waals surface area contributed by atoms with Crippen molar-refractivity contribution in [3.8, 4) is 6.07 Å². The van der Waals surface area contributed by atoms with Crippen LogP contribution in [0.25, 0.3) is 0 Å². The van der Waals surface area contributed by atoms with Gasteiger partial charge in [0.05, 0.1) is 11.6 Å². The second kappa shape index (κ2) is 8.48. The summed E-state index contributed by atoms with van der Waals surface area (Å²) in [6.45, 7) is 6.76. The maximum Gasteiger partial charge on any atom is 0.254 e. The number of hydrogen-bond donors (Lipinski definition) is 0. The van der Waals surface area contributed by atoms with Gasteiger partial charge in [0.25, 0.3) is 5.91 Å². The minimum Gasteiger partial charge on any atom is -0.356 e. The van der Waals surface area contributed by atoms with Crippen LogP contribution < -0.4 is 9.80 Å². The SMILES string of the molecule is Cc1cc(N2CCCCC2)nc(N2CCN(C(=O)c3cccc(C#N)c3)CC2)n1. The number of carbonyl (C=O) groups excluding carboxylic acids is 1. The number of piperazine rings is 1. The number of nitrogens with zero attached hydrogens (tertiary/aromatic N) is 6. The summed E-state index contributed by atoms with van der Waals surface area (Å²) in [5.41, 5.74) is 2.05. The first-order chi connectivity index (χ1) is 14.1. The van der Waals surface area contributed by atoms with Crippen LogP contribution in [0.1, 0.15) is 40.9 Å². The number of nitriles is 1. The lowest BCUT2D eigenvalue weighted by molar-refractivity contribution is 0.0746. The summed E-state index contributed by atoms with van der Waals surface area (Å²) < 4.78 is 0. The Hall–Kier alpha value is -3.14. The van der Waals surface area contributed by atoms with E-state index in [4.69, 9.17) is 10.2 Å². The van der Waals surface area contributed by atoms with Crippen molar-refractivity contribution in [2.45, 2.75) is 26.2 Å². The molecule has 2 aliphatic rings.